The molecular weight excluding hydrogens is 352 g/mol. The first-order chi connectivity index (χ1) is 11.4. The standard InChI is InChI=1S/C20H28O3S2/c1-19(2,3)16-14-12-15(18(24(14)21)17(16)20(4,5)6)25(22,23)13-10-8-7-9-11-13/h7-11,14-15,18H,12H2,1-6H3/t14-,15-,18+,24?/m0/s1. The van der Waals surface area contributed by atoms with Gasteiger partial charge < -0.3 is 0 Å². The largest absolute Gasteiger partial charge is 0.258 e. The maximum absolute atomic E-state index is 13.2. The van der Waals surface area contributed by atoms with E-state index in [0.717, 1.165) is 5.57 Å². The Kier molecular flexibility index (Phi) is 4.36. The second kappa shape index (κ2) is 5.78. The van der Waals surface area contributed by atoms with Crippen LogP contribution in [0.5, 0.6) is 0 Å². The lowest BCUT2D eigenvalue weighted by molar-refractivity contribution is 0.408. The monoisotopic (exact) mass is 380 g/mol. The van der Waals surface area contributed by atoms with Gasteiger partial charge in [-0.3, -0.25) is 4.21 Å². The highest BCUT2D eigenvalue weighted by Gasteiger charge is 2.59. The lowest BCUT2D eigenvalue weighted by Gasteiger charge is -2.37. The molecule has 0 amide bonds. The van der Waals surface area contributed by atoms with Crippen molar-refractivity contribution in [3.63, 3.8) is 0 Å². The van der Waals surface area contributed by atoms with Crippen molar-refractivity contribution < 1.29 is 12.6 Å². The van der Waals surface area contributed by atoms with Crippen LogP contribution in [-0.4, -0.2) is 28.4 Å². The second-order valence-corrected chi connectivity index (χ2v) is 13.1. The van der Waals surface area contributed by atoms with Crippen molar-refractivity contribution >= 4 is 20.6 Å². The van der Waals surface area contributed by atoms with Crippen LogP contribution in [0.15, 0.2) is 46.4 Å². The number of hydrogen-bond acceptors (Lipinski definition) is 3. The van der Waals surface area contributed by atoms with Crippen molar-refractivity contribution in [2.75, 3.05) is 0 Å². The van der Waals surface area contributed by atoms with Gasteiger partial charge in [-0.05, 0) is 40.5 Å². The predicted octanol–water partition coefficient (Wildman–Crippen LogP) is 4.12. The van der Waals surface area contributed by atoms with E-state index in [0.29, 0.717) is 11.3 Å². The molecule has 1 fully saturated rings. The Hall–Kier alpha value is -0.940. The maximum Gasteiger partial charge on any atom is 0.182 e. The molecule has 0 spiro atoms. The zero-order valence-electron chi connectivity index (χ0n) is 15.9. The molecule has 1 unspecified atom stereocenters. The van der Waals surface area contributed by atoms with Gasteiger partial charge in [0.15, 0.2) is 9.84 Å². The van der Waals surface area contributed by atoms with E-state index >= 15 is 0 Å². The molecular formula is C20H28O3S2. The average molecular weight is 381 g/mol. The Balaban J connectivity index is 2.16. The molecule has 2 aliphatic rings. The van der Waals surface area contributed by atoms with Gasteiger partial charge in [-0.15, -0.1) is 0 Å². The van der Waals surface area contributed by atoms with E-state index in [1.165, 1.54) is 5.57 Å². The molecule has 0 radical (unpaired) electrons. The summed E-state index contributed by atoms with van der Waals surface area (Å²) in [5.41, 5.74) is 2.05. The molecule has 1 saturated heterocycles. The molecule has 4 atom stereocenters. The third-order valence-corrected chi connectivity index (χ3v) is 9.71. The molecule has 0 saturated carbocycles. The van der Waals surface area contributed by atoms with Crippen molar-refractivity contribution in [2.24, 2.45) is 10.8 Å². The fraction of sp³-hybridized carbons (Fsp3) is 0.600. The van der Waals surface area contributed by atoms with Gasteiger partial charge in [-0.1, -0.05) is 59.7 Å². The summed E-state index contributed by atoms with van der Waals surface area (Å²) in [5, 5.41) is -1.10. The Morgan fingerprint density at radius 3 is 1.92 bits per heavy atom. The molecule has 2 aliphatic heterocycles. The number of hydrogen-bond donors (Lipinski definition) is 0. The van der Waals surface area contributed by atoms with Gasteiger partial charge in [0.2, 0.25) is 0 Å². The van der Waals surface area contributed by atoms with Crippen LogP contribution in [0.1, 0.15) is 48.0 Å². The molecule has 0 aliphatic carbocycles. The van der Waals surface area contributed by atoms with Crippen LogP contribution in [0.25, 0.3) is 0 Å². The van der Waals surface area contributed by atoms with Crippen LogP contribution in [0.3, 0.4) is 0 Å². The van der Waals surface area contributed by atoms with E-state index in [4.69, 9.17) is 0 Å². The molecule has 0 aromatic heterocycles. The zero-order chi connectivity index (χ0) is 18.8. The molecule has 1 aromatic rings. The summed E-state index contributed by atoms with van der Waals surface area (Å²) in [6.45, 7) is 12.8. The molecule has 3 rings (SSSR count). The van der Waals surface area contributed by atoms with Crippen LogP contribution < -0.4 is 0 Å². The Morgan fingerprint density at radius 1 is 0.920 bits per heavy atom. The smallest absolute Gasteiger partial charge is 0.182 e. The summed E-state index contributed by atoms with van der Waals surface area (Å²) in [7, 11) is -4.65. The van der Waals surface area contributed by atoms with E-state index in [1.54, 1.807) is 24.3 Å². The summed E-state index contributed by atoms with van der Waals surface area (Å²) >= 11 is 0. The van der Waals surface area contributed by atoms with E-state index in [9.17, 15) is 12.6 Å². The van der Waals surface area contributed by atoms with E-state index in [1.807, 2.05) is 6.07 Å². The molecule has 3 nitrogen and oxygen atoms in total. The van der Waals surface area contributed by atoms with Crippen LogP contribution in [0, 0.1) is 10.8 Å². The third kappa shape index (κ3) is 2.93. The number of rotatable bonds is 2. The lowest BCUT2D eigenvalue weighted by atomic mass is 9.69. The fourth-order valence-corrected chi connectivity index (χ4v) is 9.68. The lowest BCUT2D eigenvalue weighted by Crippen LogP contribution is -2.39. The van der Waals surface area contributed by atoms with E-state index in [2.05, 4.69) is 41.5 Å². The summed E-state index contributed by atoms with van der Waals surface area (Å²) in [6.07, 6.45) is 0.473. The highest BCUT2D eigenvalue weighted by Crippen LogP contribution is 2.55. The number of benzene rings is 1. The summed E-state index contributed by atoms with van der Waals surface area (Å²) in [4.78, 5) is 0.343. The minimum Gasteiger partial charge on any atom is -0.258 e. The van der Waals surface area contributed by atoms with Gasteiger partial charge >= 0.3 is 0 Å². The highest BCUT2D eigenvalue weighted by molar-refractivity contribution is 7.95. The molecule has 138 valence electrons. The third-order valence-electron chi connectivity index (χ3n) is 5.30. The van der Waals surface area contributed by atoms with E-state index < -0.39 is 25.9 Å². The van der Waals surface area contributed by atoms with Crippen LogP contribution in [0.4, 0.5) is 0 Å². The van der Waals surface area contributed by atoms with E-state index in [-0.39, 0.29) is 21.3 Å². The molecule has 2 bridgehead atoms. The second-order valence-electron chi connectivity index (χ2n) is 9.20. The first kappa shape index (κ1) is 18.8. The normalized spacial score (nSPS) is 30.2. The van der Waals surface area contributed by atoms with Crippen molar-refractivity contribution in [3.8, 4) is 0 Å². The first-order valence-corrected chi connectivity index (χ1v) is 11.6. The maximum atomic E-state index is 13.2. The zero-order valence-corrected chi connectivity index (χ0v) is 17.5. The minimum atomic E-state index is -3.49. The van der Waals surface area contributed by atoms with Crippen LogP contribution in [-0.2, 0) is 20.6 Å². The van der Waals surface area contributed by atoms with Gasteiger partial charge in [0.05, 0.1) is 20.6 Å². The van der Waals surface area contributed by atoms with Gasteiger partial charge in [-0.2, -0.15) is 0 Å². The van der Waals surface area contributed by atoms with Crippen LogP contribution >= 0.6 is 0 Å². The average Bonchev–Trinajstić information content (AvgIpc) is 2.98. The summed E-state index contributed by atoms with van der Waals surface area (Å²) in [6, 6.07) is 8.61. The summed E-state index contributed by atoms with van der Waals surface area (Å²) < 4.78 is 39.7. The van der Waals surface area contributed by atoms with Gasteiger partial charge in [0.25, 0.3) is 0 Å². The van der Waals surface area contributed by atoms with Crippen molar-refractivity contribution in [3.05, 3.63) is 41.5 Å². The molecule has 2 heterocycles. The molecule has 1 aromatic carbocycles. The van der Waals surface area contributed by atoms with Crippen molar-refractivity contribution in [2.45, 2.75) is 68.6 Å². The van der Waals surface area contributed by atoms with Crippen LogP contribution in [0.2, 0.25) is 0 Å². The number of fused-ring (bicyclic) bond motifs is 2. The fourth-order valence-electron chi connectivity index (χ4n) is 4.41. The number of sulfone groups is 1. The molecule has 25 heavy (non-hydrogen) atoms. The van der Waals surface area contributed by atoms with Gasteiger partial charge in [0.1, 0.15) is 0 Å². The minimum absolute atomic E-state index is 0.0980. The molecule has 0 N–H and O–H groups in total. The topological polar surface area (TPSA) is 51.2 Å². The Labute approximate surface area is 154 Å². The Morgan fingerprint density at radius 2 is 1.44 bits per heavy atom. The SMILES string of the molecule is CC(C)(C)C1=C(C(C)(C)C)[C@H]2[C@@H](S(=O)(=O)c3ccccc3)C[C@@H]1S2=O. The highest BCUT2D eigenvalue weighted by atomic mass is 32.2. The Bertz CT molecular complexity index is 837. The molecule has 5 heteroatoms. The first-order valence-electron chi connectivity index (χ1n) is 8.80. The van der Waals surface area contributed by atoms with Gasteiger partial charge in [-0.25, -0.2) is 8.42 Å². The van der Waals surface area contributed by atoms with Gasteiger partial charge in [0, 0.05) is 10.8 Å². The van der Waals surface area contributed by atoms with Crippen molar-refractivity contribution in [1.82, 2.24) is 0 Å². The summed E-state index contributed by atoms with van der Waals surface area (Å²) in [5.74, 6) is 0. The van der Waals surface area contributed by atoms with Crippen molar-refractivity contribution in [1.29, 1.82) is 0 Å². The predicted molar refractivity (Wildman–Crippen MR) is 104 cm³/mol. The quantitative estimate of drug-likeness (QED) is 0.725.